The summed E-state index contributed by atoms with van der Waals surface area (Å²) in [7, 11) is 0. The van der Waals surface area contributed by atoms with Crippen molar-refractivity contribution in [3.05, 3.63) is 59.1 Å². The van der Waals surface area contributed by atoms with E-state index in [4.69, 9.17) is 11.6 Å². The molecule has 0 fully saturated rings. The maximum atomic E-state index is 12.0. The molecule has 122 valence electrons. The third-order valence-corrected chi connectivity index (χ3v) is 5.27. The van der Waals surface area contributed by atoms with Gasteiger partial charge in [-0.15, -0.1) is 22.0 Å². The van der Waals surface area contributed by atoms with Crippen LogP contribution in [0.3, 0.4) is 0 Å². The van der Waals surface area contributed by atoms with Crippen molar-refractivity contribution < 1.29 is 4.79 Å². The molecular weight excluding hydrogens is 362 g/mol. The Balaban J connectivity index is 1.58. The average molecular weight is 376 g/mol. The highest BCUT2D eigenvalue weighted by Gasteiger charge is 2.10. The fraction of sp³-hybridized carbons (Fsp3) is 0.118. The van der Waals surface area contributed by atoms with Gasteiger partial charge in [0.1, 0.15) is 5.01 Å². The van der Waals surface area contributed by atoms with Gasteiger partial charge in [-0.1, -0.05) is 46.7 Å². The Hall–Kier alpha value is -1.89. The molecule has 0 saturated carbocycles. The number of thioether (sulfide) groups is 1. The van der Waals surface area contributed by atoms with Crippen LogP contribution >= 0.6 is 34.7 Å². The van der Waals surface area contributed by atoms with Crippen LogP contribution in [0.15, 0.2) is 53.4 Å². The number of hydrogen-bond acceptors (Lipinski definition) is 5. The fourth-order valence-corrected chi connectivity index (χ4v) is 3.58. The second kappa shape index (κ2) is 7.79. The van der Waals surface area contributed by atoms with Crippen LogP contribution in [0.4, 0.5) is 5.13 Å². The second-order valence-corrected chi connectivity index (χ2v) is 7.54. The van der Waals surface area contributed by atoms with Gasteiger partial charge in [-0.05, 0) is 37.3 Å². The number of benzene rings is 2. The van der Waals surface area contributed by atoms with Gasteiger partial charge in [-0.25, -0.2) is 0 Å². The van der Waals surface area contributed by atoms with E-state index >= 15 is 0 Å². The molecule has 0 unspecified atom stereocenters. The van der Waals surface area contributed by atoms with Gasteiger partial charge in [0.05, 0.1) is 5.75 Å². The minimum atomic E-state index is -0.109. The standard InChI is InChI=1S/C17H14ClN3OS2/c1-11-3-2-4-12(9-11)16-20-21-17(24-16)19-15(22)10-23-14-7-5-13(18)6-8-14/h2-9H,10H2,1H3,(H,19,21,22). The number of carbonyl (C=O) groups is 1. The van der Waals surface area contributed by atoms with Crippen molar-refractivity contribution in [1.82, 2.24) is 10.2 Å². The Morgan fingerprint density at radius 2 is 2.00 bits per heavy atom. The largest absolute Gasteiger partial charge is 0.300 e. The number of rotatable bonds is 5. The molecule has 0 saturated heterocycles. The minimum Gasteiger partial charge on any atom is -0.300 e. The zero-order chi connectivity index (χ0) is 16.9. The molecule has 0 atom stereocenters. The lowest BCUT2D eigenvalue weighted by molar-refractivity contribution is -0.113. The van der Waals surface area contributed by atoms with Crippen molar-refractivity contribution in [2.45, 2.75) is 11.8 Å². The number of aromatic nitrogens is 2. The number of nitrogens with zero attached hydrogens (tertiary/aromatic N) is 2. The Kier molecular flexibility index (Phi) is 5.50. The highest BCUT2D eigenvalue weighted by molar-refractivity contribution is 8.00. The molecular formula is C17H14ClN3OS2. The summed E-state index contributed by atoms with van der Waals surface area (Å²) in [6, 6.07) is 15.4. The lowest BCUT2D eigenvalue weighted by Gasteiger charge is -2.02. The molecule has 0 aliphatic heterocycles. The first-order valence-corrected chi connectivity index (χ1v) is 9.37. The van der Waals surface area contributed by atoms with E-state index in [0.717, 1.165) is 21.0 Å². The Morgan fingerprint density at radius 3 is 2.75 bits per heavy atom. The topological polar surface area (TPSA) is 54.9 Å². The first-order valence-electron chi connectivity index (χ1n) is 7.19. The molecule has 1 amide bonds. The number of anilines is 1. The molecule has 4 nitrogen and oxygen atoms in total. The van der Waals surface area contributed by atoms with E-state index in [1.54, 1.807) is 12.1 Å². The first kappa shape index (κ1) is 17.0. The van der Waals surface area contributed by atoms with Crippen molar-refractivity contribution in [2.24, 2.45) is 0 Å². The highest BCUT2D eigenvalue weighted by Crippen LogP contribution is 2.27. The number of carbonyl (C=O) groups excluding carboxylic acids is 1. The van der Waals surface area contributed by atoms with Crippen molar-refractivity contribution in [3.63, 3.8) is 0 Å². The molecule has 2 aromatic carbocycles. The summed E-state index contributed by atoms with van der Waals surface area (Å²) in [4.78, 5) is 13.0. The number of nitrogens with one attached hydrogen (secondary N) is 1. The summed E-state index contributed by atoms with van der Waals surface area (Å²) < 4.78 is 0. The molecule has 3 rings (SSSR count). The summed E-state index contributed by atoms with van der Waals surface area (Å²) in [5, 5.41) is 12.9. The van der Waals surface area contributed by atoms with E-state index in [1.165, 1.54) is 23.1 Å². The molecule has 3 aromatic rings. The third kappa shape index (κ3) is 4.56. The Bertz CT molecular complexity index is 849. The minimum absolute atomic E-state index is 0.109. The molecule has 0 spiro atoms. The van der Waals surface area contributed by atoms with E-state index in [-0.39, 0.29) is 5.91 Å². The fourth-order valence-electron chi connectivity index (χ4n) is 2.00. The maximum Gasteiger partial charge on any atom is 0.236 e. The van der Waals surface area contributed by atoms with Crippen LogP contribution in [0, 0.1) is 6.92 Å². The molecule has 0 bridgehead atoms. The van der Waals surface area contributed by atoms with Crippen molar-refractivity contribution in [2.75, 3.05) is 11.1 Å². The molecule has 1 aromatic heterocycles. The lowest BCUT2D eigenvalue weighted by atomic mass is 10.1. The molecule has 7 heteroatoms. The normalized spacial score (nSPS) is 10.6. The quantitative estimate of drug-likeness (QED) is 0.644. The molecule has 1 heterocycles. The molecule has 0 aliphatic carbocycles. The van der Waals surface area contributed by atoms with Gasteiger partial charge in [0.25, 0.3) is 0 Å². The predicted octanol–water partition coefficient (Wildman–Crippen LogP) is 4.90. The van der Waals surface area contributed by atoms with Crippen LogP contribution in [-0.4, -0.2) is 21.9 Å². The zero-order valence-electron chi connectivity index (χ0n) is 12.8. The van der Waals surface area contributed by atoms with E-state index in [1.807, 2.05) is 43.3 Å². The SMILES string of the molecule is Cc1cccc(-c2nnc(NC(=O)CSc3ccc(Cl)cc3)s2)c1. The van der Waals surface area contributed by atoms with Gasteiger partial charge in [-0.3, -0.25) is 10.1 Å². The zero-order valence-corrected chi connectivity index (χ0v) is 15.2. The third-order valence-electron chi connectivity index (χ3n) is 3.12. The summed E-state index contributed by atoms with van der Waals surface area (Å²) in [5.41, 5.74) is 2.16. The monoisotopic (exact) mass is 375 g/mol. The van der Waals surface area contributed by atoms with E-state index in [0.29, 0.717) is 15.9 Å². The van der Waals surface area contributed by atoms with Gasteiger partial charge in [0.2, 0.25) is 11.0 Å². The number of amides is 1. The molecule has 0 radical (unpaired) electrons. The van der Waals surface area contributed by atoms with E-state index < -0.39 is 0 Å². The van der Waals surface area contributed by atoms with Crippen LogP contribution in [0.1, 0.15) is 5.56 Å². The van der Waals surface area contributed by atoms with Crippen molar-refractivity contribution >= 4 is 45.7 Å². The van der Waals surface area contributed by atoms with Gasteiger partial charge in [-0.2, -0.15) is 0 Å². The van der Waals surface area contributed by atoms with E-state index in [2.05, 4.69) is 15.5 Å². The van der Waals surface area contributed by atoms with Gasteiger partial charge >= 0.3 is 0 Å². The lowest BCUT2D eigenvalue weighted by Crippen LogP contribution is -2.13. The number of aryl methyl sites for hydroxylation is 1. The smallest absolute Gasteiger partial charge is 0.236 e. The second-order valence-electron chi connectivity index (χ2n) is 5.07. The Labute approximate surface area is 153 Å². The molecule has 0 aliphatic rings. The van der Waals surface area contributed by atoms with Crippen molar-refractivity contribution in [1.29, 1.82) is 0 Å². The number of hydrogen-bond donors (Lipinski definition) is 1. The summed E-state index contributed by atoms with van der Waals surface area (Å²) in [6.07, 6.45) is 0. The van der Waals surface area contributed by atoms with Gasteiger partial charge in [0.15, 0.2) is 0 Å². The van der Waals surface area contributed by atoms with E-state index in [9.17, 15) is 4.79 Å². The van der Waals surface area contributed by atoms with Crippen LogP contribution < -0.4 is 5.32 Å². The highest BCUT2D eigenvalue weighted by atomic mass is 35.5. The van der Waals surface area contributed by atoms with Crippen LogP contribution in [-0.2, 0) is 4.79 Å². The number of halogens is 1. The molecule has 1 N–H and O–H groups in total. The predicted molar refractivity (Wildman–Crippen MR) is 101 cm³/mol. The van der Waals surface area contributed by atoms with Gasteiger partial charge < -0.3 is 0 Å². The summed E-state index contributed by atoms with van der Waals surface area (Å²) >= 11 is 8.66. The van der Waals surface area contributed by atoms with Gasteiger partial charge in [0, 0.05) is 15.5 Å². The van der Waals surface area contributed by atoms with Crippen LogP contribution in [0.5, 0.6) is 0 Å². The maximum absolute atomic E-state index is 12.0. The summed E-state index contributed by atoms with van der Waals surface area (Å²) in [6.45, 7) is 2.03. The first-order chi connectivity index (χ1) is 11.6. The molecule has 24 heavy (non-hydrogen) atoms. The van der Waals surface area contributed by atoms with Crippen LogP contribution in [0.2, 0.25) is 5.02 Å². The van der Waals surface area contributed by atoms with Crippen molar-refractivity contribution in [3.8, 4) is 10.6 Å². The van der Waals surface area contributed by atoms with Crippen LogP contribution in [0.25, 0.3) is 10.6 Å². The Morgan fingerprint density at radius 1 is 1.21 bits per heavy atom. The summed E-state index contributed by atoms with van der Waals surface area (Å²) in [5.74, 6) is 0.197. The average Bonchev–Trinajstić information content (AvgIpc) is 3.03.